The molecule has 8 nitrogen and oxygen atoms in total. The Hall–Kier alpha value is -2.72. The van der Waals surface area contributed by atoms with Crippen LogP contribution in [0.4, 0.5) is 0 Å². The minimum atomic E-state index is -1.08. The summed E-state index contributed by atoms with van der Waals surface area (Å²) in [7, 11) is 0. The molecule has 0 radical (unpaired) electrons. The van der Waals surface area contributed by atoms with Crippen molar-refractivity contribution in [2.75, 3.05) is 0 Å². The summed E-state index contributed by atoms with van der Waals surface area (Å²) in [5.41, 5.74) is 0.779. The molecule has 0 unspecified atom stereocenters. The van der Waals surface area contributed by atoms with Crippen molar-refractivity contribution in [3.63, 3.8) is 0 Å². The Morgan fingerprint density at radius 1 is 0.880 bits per heavy atom. The van der Waals surface area contributed by atoms with Gasteiger partial charge in [-0.25, -0.2) is 20.1 Å². The molecule has 0 aliphatic rings. The number of nitrogens with zero attached hydrogens (tertiary/aromatic N) is 4. The van der Waals surface area contributed by atoms with Crippen LogP contribution in [-0.4, -0.2) is 32.1 Å². The van der Waals surface area contributed by atoms with Gasteiger partial charge in [-0.05, 0) is 24.3 Å². The number of hydrogen-bond acceptors (Lipinski definition) is 8. The van der Waals surface area contributed by atoms with Gasteiger partial charge in [-0.15, -0.1) is 0 Å². The minimum absolute atomic E-state index is 0. The molecule has 0 saturated heterocycles. The van der Waals surface area contributed by atoms with Crippen LogP contribution in [0.1, 0.15) is 20.7 Å². The van der Waals surface area contributed by atoms with Crippen LogP contribution in [0.25, 0.3) is 11.4 Å². The van der Waals surface area contributed by atoms with Gasteiger partial charge in [-0.2, -0.15) is 0 Å². The van der Waals surface area contributed by atoms with Crippen molar-refractivity contribution >= 4 is 37.2 Å². The predicted octanol–water partition coefficient (Wildman–Crippen LogP) is 1.57. The van der Waals surface area contributed by atoms with Crippen LogP contribution >= 0.6 is 0 Å². The number of nitriles is 2. The number of rotatable bonds is 3. The van der Waals surface area contributed by atoms with E-state index in [1.807, 2.05) is 0 Å². The van der Waals surface area contributed by atoms with Gasteiger partial charge in [0, 0.05) is 12.4 Å². The Bertz CT molecular complexity index is 738. The van der Waals surface area contributed by atoms with Crippen molar-refractivity contribution in [1.82, 2.24) is 9.97 Å². The average molecular weight is 461 g/mol. The van der Waals surface area contributed by atoms with Gasteiger partial charge in [-0.3, -0.25) is 9.97 Å². The van der Waals surface area contributed by atoms with Gasteiger partial charge in [0.15, 0.2) is 0 Å². The van der Waals surface area contributed by atoms with Gasteiger partial charge in [-0.1, -0.05) is 10.8 Å². The van der Waals surface area contributed by atoms with E-state index in [0.29, 0.717) is 11.4 Å². The van der Waals surface area contributed by atoms with E-state index in [-0.39, 0.29) is 30.6 Å². The van der Waals surface area contributed by atoms with Gasteiger partial charge < -0.3 is 35.5 Å². The van der Waals surface area contributed by atoms with Crippen LogP contribution < -0.4 is 0 Å². The summed E-state index contributed by atoms with van der Waals surface area (Å²) in [4.78, 5) is 29.6. The summed E-state index contributed by atoms with van der Waals surface area (Å²) in [6.07, 6.45) is 2.68. The third-order valence-corrected chi connectivity index (χ3v) is 2.28. The minimum Gasteiger partial charge on any atom is -0.696 e. The topological polar surface area (TPSA) is 148 Å². The normalized spacial score (nSPS) is 7.76. The number of hydrogen-bond donors (Lipinski definition) is 2. The van der Waals surface area contributed by atoms with E-state index in [0.717, 1.165) is 0 Å². The monoisotopic (exact) mass is 462 g/mol. The van der Waals surface area contributed by atoms with Gasteiger partial charge in [0.05, 0.1) is 22.5 Å². The molecule has 0 bridgehead atoms. The third-order valence-electron chi connectivity index (χ3n) is 2.28. The zero-order valence-corrected chi connectivity index (χ0v) is 15.5. The molecule has 0 saturated carbocycles. The molecule has 2 rings (SSSR count). The van der Waals surface area contributed by atoms with Crippen molar-refractivity contribution in [3.8, 4) is 22.2 Å². The maximum atomic E-state index is 10.8. The smallest absolute Gasteiger partial charge is 0.696 e. The Morgan fingerprint density at radius 2 is 1.16 bits per heavy atom. The number of pyridine rings is 2. The second-order valence-corrected chi connectivity index (χ2v) is 4.02. The standard InChI is InChI=1S/C12H8N2O4.2CHNS.Ru/c15-11(16)7-1-3-13-9(5-7)10-6-8(12(17)18)2-4-14-10;2*2-1-3;/h1-6H,(H,15,16)(H,17,18);2*3H;/q;;;+2/p-2. The number of thiocyanates is 2. The molecule has 0 atom stereocenters. The number of carboxylic acids is 2. The van der Waals surface area contributed by atoms with Crippen molar-refractivity contribution in [2.24, 2.45) is 0 Å². The van der Waals surface area contributed by atoms with Crippen LogP contribution in [-0.2, 0) is 44.7 Å². The Kier molecular flexibility index (Phi) is 13.4. The first-order valence-corrected chi connectivity index (χ1v) is 6.64. The second kappa shape index (κ2) is 13.7. The Labute approximate surface area is 166 Å². The molecule has 11 heteroatoms. The number of aromatic nitrogens is 2. The quantitative estimate of drug-likeness (QED) is 0.392. The van der Waals surface area contributed by atoms with E-state index in [4.69, 9.17) is 20.7 Å². The van der Waals surface area contributed by atoms with E-state index in [2.05, 4.69) is 35.2 Å². The average Bonchev–Trinajstić information content (AvgIpc) is 2.56. The fourth-order valence-electron chi connectivity index (χ4n) is 1.41. The summed E-state index contributed by atoms with van der Waals surface area (Å²) < 4.78 is 0. The molecular weight excluding hydrogens is 453 g/mol. The van der Waals surface area contributed by atoms with Crippen LogP contribution in [0.15, 0.2) is 36.7 Å². The molecular formula is C14H8N4O4RuS2. The van der Waals surface area contributed by atoms with Crippen LogP contribution in [0, 0.1) is 21.3 Å². The largest absolute Gasteiger partial charge is 2.00 e. The number of carboxylic acid groups (broad SMARTS) is 2. The first kappa shape index (κ1) is 24.5. The molecule has 2 heterocycles. The Morgan fingerprint density at radius 3 is 1.40 bits per heavy atom. The number of carbonyl (C=O) groups is 2. The van der Waals surface area contributed by atoms with Crippen LogP contribution in [0.2, 0.25) is 0 Å². The second-order valence-electron chi connectivity index (χ2n) is 3.65. The zero-order valence-electron chi connectivity index (χ0n) is 12.1. The molecule has 0 aliphatic heterocycles. The molecule has 0 aromatic carbocycles. The molecule has 128 valence electrons. The van der Waals surface area contributed by atoms with Crippen LogP contribution in [0.3, 0.4) is 0 Å². The SMILES string of the molecule is N#C[S-].N#C[S-].O=C(O)c1ccnc(-c2cc(C(=O)O)ccn2)c1.[Ru+2]. The van der Waals surface area contributed by atoms with E-state index >= 15 is 0 Å². The molecule has 2 aromatic rings. The third kappa shape index (κ3) is 9.23. The molecule has 0 fully saturated rings. The predicted molar refractivity (Wildman–Crippen MR) is 87.3 cm³/mol. The van der Waals surface area contributed by atoms with E-state index in [9.17, 15) is 9.59 Å². The summed E-state index contributed by atoms with van der Waals surface area (Å²) in [6.45, 7) is 0. The first-order chi connectivity index (χ1) is 11.4. The van der Waals surface area contributed by atoms with E-state index < -0.39 is 11.9 Å². The molecule has 0 amide bonds. The molecule has 0 spiro atoms. The zero-order chi connectivity index (χ0) is 18.5. The Balaban J connectivity index is 0. The summed E-state index contributed by atoms with van der Waals surface area (Å²) in [6, 6.07) is 5.40. The summed E-state index contributed by atoms with van der Waals surface area (Å²) in [5.74, 6) is -2.15. The van der Waals surface area contributed by atoms with Gasteiger partial charge in [0.2, 0.25) is 0 Å². The first-order valence-electron chi connectivity index (χ1n) is 5.82. The van der Waals surface area contributed by atoms with Crippen LogP contribution in [0.5, 0.6) is 0 Å². The fourth-order valence-corrected chi connectivity index (χ4v) is 1.41. The maximum absolute atomic E-state index is 10.8. The van der Waals surface area contributed by atoms with Crippen molar-refractivity contribution in [3.05, 3.63) is 47.8 Å². The fraction of sp³-hybridized carbons (Fsp3) is 0. The van der Waals surface area contributed by atoms with Crippen molar-refractivity contribution < 1.29 is 39.3 Å². The van der Waals surface area contributed by atoms with Crippen molar-refractivity contribution in [1.29, 1.82) is 10.5 Å². The van der Waals surface area contributed by atoms with E-state index in [1.54, 1.807) is 0 Å². The molecule has 0 aliphatic carbocycles. The maximum Gasteiger partial charge on any atom is 2.00 e. The summed E-state index contributed by atoms with van der Waals surface area (Å²) in [5, 5.41) is 34.6. The van der Waals surface area contributed by atoms with Gasteiger partial charge in [0.25, 0.3) is 0 Å². The van der Waals surface area contributed by atoms with Gasteiger partial charge >= 0.3 is 31.4 Å². The molecule has 2 N–H and O–H groups in total. The van der Waals surface area contributed by atoms with E-state index in [1.165, 1.54) is 47.5 Å². The molecule has 2 aromatic heterocycles. The summed E-state index contributed by atoms with van der Waals surface area (Å²) >= 11 is 7.40. The molecule has 25 heavy (non-hydrogen) atoms. The number of aromatic carboxylic acids is 2. The van der Waals surface area contributed by atoms with Crippen molar-refractivity contribution in [2.45, 2.75) is 0 Å². The van der Waals surface area contributed by atoms with Gasteiger partial charge in [0.1, 0.15) is 0 Å².